The fourth-order valence-corrected chi connectivity index (χ4v) is 4.15. The summed E-state index contributed by atoms with van der Waals surface area (Å²) in [5.41, 5.74) is 0. The van der Waals surface area contributed by atoms with Crippen LogP contribution < -0.4 is 5.32 Å². The van der Waals surface area contributed by atoms with Crippen LogP contribution in [-0.4, -0.2) is 31.8 Å². The third-order valence-electron chi connectivity index (χ3n) is 4.79. The van der Waals surface area contributed by atoms with Gasteiger partial charge in [-0.25, -0.2) is 0 Å². The Labute approximate surface area is 139 Å². The molecule has 1 N–H and O–H groups in total. The molecule has 2 heterocycles. The number of nitrogens with one attached hydrogen (secondary N) is 1. The van der Waals surface area contributed by atoms with Crippen LogP contribution in [-0.2, 0) is 11.2 Å². The number of carbonyl (C=O) groups is 1. The van der Waals surface area contributed by atoms with E-state index in [1.165, 1.54) is 38.5 Å². The highest BCUT2D eigenvalue weighted by Gasteiger charge is 2.30. The van der Waals surface area contributed by atoms with Crippen LogP contribution in [0.15, 0.2) is 0 Å². The van der Waals surface area contributed by atoms with Gasteiger partial charge in [-0.1, -0.05) is 37.0 Å². The predicted octanol–water partition coefficient (Wildman–Crippen LogP) is 2.83. The number of hydrogen-bond donors (Lipinski definition) is 1. The number of nitrogens with zero attached hydrogens (tertiary/aromatic N) is 4. The Hall–Kier alpha value is -1.50. The molecule has 0 aromatic carbocycles. The van der Waals surface area contributed by atoms with Gasteiger partial charge >= 0.3 is 0 Å². The Bertz CT molecular complexity index is 682. The average molecular weight is 333 g/mol. The van der Waals surface area contributed by atoms with Crippen molar-refractivity contribution in [2.24, 2.45) is 0 Å². The van der Waals surface area contributed by atoms with Crippen LogP contribution in [0.3, 0.4) is 0 Å². The van der Waals surface area contributed by atoms with E-state index in [1.807, 2.05) is 4.52 Å². The lowest BCUT2D eigenvalue weighted by Crippen LogP contribution is -2.34. The Morgan fingerprint density at radius 3 is 2.65 bits per heavy atom. The van der Waals surface area contributed by atoms with E-state index in [9.17, 15) is 4.79 Å². The van der Waals surface area contributed by atoms with E-state index in [0.717, 1.165) is 28.6 Å². The monoisotopic (exact) mass is 333 g/mol. The molecule has 2 aromatic heterocycles. The first-order valence-electron chi connectivity index (χ1n) is 8.80. The van der Waals surface area contributed by atoms with Crippen LogP contribution >= 0.6 is 11.3 Å². The first-order valence-corrected chi connectivity index (χ1v) is 9.61. The van der Waals surface area contributed by atoms with Crippen LogP contribution in [0, 0.1) is 0 Å². The maximum absolute atomic E-state index is 12.2. The summed E-state index contributed by atoms with van der Waals surface area (Å²) in [5.74, 6) is 1.69. The molecule has 0 aliphatic heterocycles. The molecule has 2 aliphatic rings. The van der Waals surface area contributed by atoms with Crippen molar-refractivity contribution >= 4 is 22.2 Å². The van der Waals surface area contributed by atoms with Gasteiger partial charge in [0.05, 0.1) is 0 Å². The minimum Gasteiger partial charge on any atom is -0.353 e. The lowest BCUT2D eigenvalue weighted by molar-refractivity contribution is -0.121. The predicted molar refractivity (Wildman–Crippen MR) is 88.6 cm³/mol. The molecule has 0 unspecified atom stereocenters. The van der Waals surface area contributed by atoms with E-state index < -0.39 is 0 Å². The molecule has 4 rings (SSSR count). The molecule has 0 spiro atoms. The fraction of sp³-hybridized carbons (Fsp3) is 0.750. The van der Waals surface area contributed by atoms with Gasteiger partial charge in [0.2, 0.25) is 10.9 Å². The zero-order valence-corrected chi connectivity index (χ0v) is 14.1. The van der Waals surface area contributed by atoms with E-state index in [4.69, 9.17) is 0 Å². The number of carbonyl (C=O) groups excluding carboxylic acids is 1. The van der Waals surface area contributed by atoms with Crippen molar-refractivity contribution in [1.29, 1.82) is 0 Å². The van der Waals surface area contributed by atoms with E-state index in [2.05, 4.69) is 20.6 Å². The maximum Gasteiger partial charge on any atom is 0.234 e. The number of amides is 1. The SMILES string of the molecule is O=C(CCc1nn2c(C3CC3)nnc2s1)NC1CCCCCC1. The number of fused-ring (bicyclic) bond motifs is 1. The highest BCUT2D eigenvalue weighted by atomic mass is 32.1. The summed E-state index contributed by atoms with van der Waals surface area (Å²) in [4.78, 5) is 13.0. The third kappa shape index (κ3) is 3.54. The van der Waals surface area contributed by atoms with Gasteiger partial charge in [-0.05, 0) is 25.7 Å². The zero-order valence-electron chi connectivity index (χ0n) is 13.3. The highest BCUT2D eigenvalue weighted by Crippen LogP contribution is 2.39. The van der Waals surface area contributed by atoms with Gasteiger partial charge in [-0.2, -0.15) is 9.61 Å². The molecule has 23 heavy (non-hydrogen) atoms. The lowest BCUT2D eigenvalue weighted by atomic mass is 10.1. The molecule has 7 heteroatoms. The summed E-state index contributed by atoms with van der Waals surface area (Å²) in [5, 5.41) is 17.2. The lowest BCUT2D eigenvalue weighted by Gasteiger charge is -2.15. The number of rotatable bonds is 5. The summed E-state index contributed by atoms with van der Waals surface area (Å²) < 4.78 is 1.88. The van der Waals surface area contributed by atoms with Crippen molar-refractivity contribution in [3.63, 3.8) is 0 Å². The summed E-state index contributed by atoms with van der Waals surface area (Å²) in [6.45, 7) is 0. The molecule has 0 bridgehead atoms. The maximum atomic E-state index is 12.2. The normalized spacial score (nSPS) is 19.8. The fourth-order valence-electron chi connectivity index (χ4n) is 3.31. The van der Waals surface area contributed by atoms with Crippen LogP contribution in [0.4, 0.5) is 0 Å². The largest absolute Gasteiger partial charge is 0.353 e. The molecule has 124 valence electrons. The first-order chi connectivity index (χ1) is 11.3. The minimum atomic E-state index is 0.158. The molecular weight excluding hydrogens is 310 g/mol. The number of aryl methyl sites for hydroxylation is 1. The standard InChI is InChI=1S/C16H23N5OS/c22-13(17-12-5-3-1-2-4-6-12)9-10-14-20-21-15(11-7-8-11)18-19-16(21)23-14/h11-12H,1-10H2,(H,17,22). The topological polar surface area (TPSA) is 72.2 Å². The number of aromatic nitrogens is 4. The third-order valence-corrected chi connectivity index (χ3v) is 5.74. The second kappa shape index (κ2) is 6.55. The summed E-state index contributed by atoms with van der Waals surface area (Å²) in [6, 6.07) is 0.379. The summed E-state index contributed by atoms with van der Waals surface area (Å²) in [7, 11) is 0. The molecule has 2 aromatic rings. The smallest absolute Gasteiger partial charge is 0.234 e. The van der Waals surface area contributed by atoms with E-state index in [0.29, 0.717) is 24.8 Å². The van der Waals surface area contributed by atoms with Gasteiger partial charge in [0.1, 0.15) is 5.01 Å². The second-order valence-corrected chi connectivity index (χ2v) is 7.82. The molecule has 6 nitrogen and oxygen atoms in total. The Morgan fingerprint density at radius 2 is 1.91 bits per heavy atom. The van der Waals surface area contributed by atoms with Crippen LogP contribution in [0.25, 0.3) is 4.96 Å². The van der Waals surface area contributed by atoms with Gasteiger partial charge in [0.25, 0.3) is 0 Å². The molecule has 2 fully saturated rings. The van der Waals surface area contributed by atoms with Crippen molar-refractivity contribution in [3.8, 4) is 0 Å². The van der Waals surface area contributed by atoms with Gasteiger partial charge in [0, 0.05) is 24.8 Å². The second-order valence-electron chi connectivity index (χ2n) is 6.78. The van der Waals surface area contributed by atoms with Crippen LogP contribution in [0.5, 0.6) is 0 Å². The Morgan fingerprint density at radius 1 is 1.13 bits per heavy atom. The molecule has 0 atom stereocenters. The minimum absolute atomic E-state index is 0.158. The molecule has 2 aliphatic carbocycles. The van der Waals surface area contributed by atoms with Gasteiger partial charge < -0.3 is 5.32 Å². The van der Waals surface area contributed by atoms with Crippen LogP contribution in [0.1, 0.15) is 74.5 Å². The number of hydrogen-bond acceptors (Lipinski definition) is 5. The van der Waals surface area contributed by atoms with Crippen molar-refractivity contribution in [3.05, 3.63) is 10.8 Å². The van der Waals surface area contributed by atoms with Crippen molar-refractivity contribution in [2.45, 2.75) is 76.2 Å². The molecule has 1 amide bonds. The quantitative estimate of drug-likeness (QED) is 0.854. The first kappa shape index (κ1) is 15.1. The van der Waals surface area contributed by atoms with Crippen LogP contribution in [0.2, 0.25) is 0 Å². The van der Waals surface area contributed by atoms with Gasteiger partial charge in [0.15, 0.2) is 5.82 Å². The van der Waals surface area contributed by atoms with E-state index in [1.54, 1.807) is 11.3 Å². The average Bonchev–Trinajstić information content (AvgIpc) is 3.24. The summed E-state index contributed by atoms with van der Waals surface area (Å²) in [6.07, 6.45) is 11.0. The molecule has 2 saturated carbocycles. The Kier molecular flexibility index (Phi) is 4.29. The highest BCUT2D eigenvalue weighted by molar-refractivity contribution is 7.16. The van der Waals surface area contributed by atoms with Gasteiger partial charge in [-0.3, -0.25) is 4.79 Å². The van der Waals surface area contributed by atoms with Crippen molar-refractivity contribution in [2.75, 3.05) is 0 Å². The van der Waals surface area contributed by atoms with Crippen molar-refractivity contribution in [1.82, 2.24) is 25.1 Å². The van der Waals surface area contributed by atoms with E-state index >= 15 is 0 Å². The molecule has 0 radical (unpaired) electrons. The Balaban J connectivity index is 1.32. The summed E-state index contributed by atoms with van der Waals surface area (Å²) >= 11 is 1.55. The van der Waals surface area contributed by atoms with Crippen molar-refractivity contribution < 1.29 is 4.79 Å². The zero-order chi connectivity index (χ0) is 15.6. The molecular formula is C16H23N5OS. The van der Waals surface area contributed by atoms with Gasteiger partial charge in [-0.15, -0.1) is 10.2 Å². The van der Waals surface area contributed by atoms with E-state index in [-0.39, 0.29) is 5.91 Å². The molecule has 0 saturated heterocycles.